The third-order valence-corrected chi connectivity index (χ3v) is 5.50. The zero-order chi connectivity index (χ0) is 22.9. The average Bonchev–Trinajstić information content (AvgIpc) is 2.78. The van der Waals surface area contributed by atoms with Gasteiger partial charge in [0.2, 0.25) is 11.8 Å². The Labute approximate surface area is 191 Å². The van der Waals surface area contributed by atoms with Crippen molar-refractivity contribution in [3.05, 3.63) is 107 Å². The molecule has 0 heterocycles. The van der Waals surface area contributed by atoms with Gasteiger partial charge >= 0.3 is 0 Å². The topological polar surface area (TPSA) is 49.4 Å². The lowest BCUT2D eigenvalue weighted by Gasteiger charge is -2.32. The molecule has 0 bridgehead atoms. The summed E-state index contributed by atoms with van der Waals surface area (Å²) in [5.41, 5.74) is 4.09. The van der Waals surface area contributed by atoms with Crippen molar-refractivity contribution in [3.63, 3.8) is 0 Å². The first kappa shape index (κ1) is 23.3. The summed E-state index contributed by atoms with van der Waals surface area (Å²) in [6.07, 6.45) is 0.728. The molecule has 0 fully saturated rings. The summed E-state index contributed by atoms with van der Waals surface area (Å²) in [4.78, 5) is 28.7. The highest BCUT2D eigenvalue weighted by Gasteiger charge is 2.30. The first-order valence-electron chi connectivity index (χ1n) is 11.2. The molecule has 1 N–H and O–H groups in total. The van der Waals surface area contributed by atoms with Crippen LogP contribution in [0.4, 0.5) is 0 Å². The standard InChI is InChI=1S/C28H32N2O2/c1-21(2)29-28(32)26(18-23-13-6-4-7-14-23)30(20-24-15-8-5-9-16-24)27(31)19-25-17-11-10-12-22(25)3/h4-17,21,26H,18-20H2,1-3H3,(H,29,32). The maximum atomic E-state index is 13.6. The molecule has 0 saturated heterocycles. The van der Waals surface area contributed by atoms with Gasteiger partial charge in [0.05, 0.1) is 6.42 Å². The van der Waals surface area contributed by atoms with E-state index in [1.165, 1.54) is 0 Å². The Kier molecular flexibility index (Phi) is 8.20. The van der Waals surface area contributed by atoms with E-state index >= 15 is 0 Å². The quantitative estimate of drug-likeness (QED) is 0.537. The van der Waals surface area contributed by atoms with E-state index < -0.39 is 6.04 Å². The summed E-state index contributed by atoms with van der Waals surface area (Å²) in [5, 5.41) is 3.03. The van der Waals surface area contributed by atoms with Crippen molar-refractivity contribution in [3.8, 4) is 0 Å². The van der Waals surface area contributed by atoms with Crippen molar-refractivity contribution in [2.75, 3.05) is 0 Å². The van der Waals surface area contributed by atoms with Gasteiger partial charge in [-0.15, -0.1) is 0 Å². The van der Waals surface area contributed by atoms with E-state index in [-0.39, 0.29) is 24.3 Å². The van der Waals surface area contributed by atoms with Crippen LogP contribution >= 0.6 is 0 Å². The molecule has 4 nitrogen and oxygen atoms in total. The molecule has 0 spiro atoms. The van der Waals surface area contributed by atoms with Gasteiger partial charge in [0.15, 0.2) is 0 Å². The van der Waals surface area contributed by atoms with Crippen LogP contribution in [-0.2, 0) is 29.0 Å². The first-order chi connectivity index (χ1) is 15.4. The summed E-state index contributed by atoms with van der Waals surface area (Å²) < 4.78 is 0. The highest BCUT2D eigenvalue weighted by molar-refractivity contribution is 5.89. The number of rotatable bonds is 9. The molecule has 0 aliphatic heterocycles. The van der Waals surface area contributed by atoms with Gasteiger partial charge in [-0.2, -0.15) is 0 Å². The molecule has 1 atom stereocenters. The molecule has 1 unspecified atom stereocenters. The minimum absolute atomic E-state index is 0.00850. The number of nitrogens with zero attached hydrogens (tertiary/aromatic N) is 1. The van der Waals surface area contributed by atoms with Gasteiger partial charge in [-0.1, -0.05) is 84.9 Å². The number of benzene rings is 3. The van der Waals surface area contributed by atoms with Crippen LogP contribution in [0.1, 0.15) is 36.1 Å². The van der Waals surface area contributed by atoms with E-state index in [9.17, 15) is 9.59 Å². The highest BCUT2D eigenvalue weighted by Crippen LogP contribution is 2.18. The van der Waals surface area contributed by atoms with Crippen LogP contribution in [0.15, 0.2) is 84.9 Å². The Hall–Kier alpha value is -3.40. The second kappa shape index (κ2) is 11.3. The van der Waals surface area contributed by atoms with Gasteiger partial charge in [0.1, 0.15) is 6.04 Å². The van der Waals surface area contributed by atoms with Gasteiger partial charge in [0, 0.05) is 19.0 Å². The van der Waals surface area contributed by atoms with Crippen molar-refractivity contribution in [2.45, 2.75) is 52.2 Å². The number of nitrogens with one attached hydrogen (secondary N) is 1. The fraction of sp³-hybridized carbons (Fsp3) is 0.286. The van der Waals surface area contributed by atoms with Crippen molar-refractivity contribution in [2.24, 2.45) is 0 Å². The van der Waals surface area contributed by atoms with Crippen LogP contribution in [-0.4, -0.2) is 28.8 Å². The minimum atomic E-state index is -0.600. The lowest BCUT2D eigenvalue weighted by molar-refractivity contribution is -0.141. The summed E-state index contributed by atoms with van der Waals surface area (Å²) in [6, 6.07) is 27.0. The molecule has 0 aliphatic carbocycles. The summed E-state index contributed by atoms with van der Waals surface area (Å²) in [5.74, 6) is -0.180. The Morgan fingerprint density at radius 2 is 1.38 bits per heavy atom. The van der Waals surface area contributed by atoms with Crippen LogP contribution in [0.25, 0.3) is 0 Å². The lowest BCUT2D eigenvalue weighted by atomic mass is 10.00. The second-order valence-electron chi connectivity index (χ2n) is 8.48. The van der Waals surface area contributed by atoms with Crippen molar-refractivity contribution in [1.82, 2.24) is 10.2 Å². The normalized spacial score (nSPS) is 11.8. The van der Waals surface area contributed by atoms with Crippen LogP contribution in [0, 0.1) is 6.92 Å². The predicted molar refractivity (Wildman–Crippen MR) is 129 cm³/mol. The number of aryl methyl sites for hydroxylation is 1. The molecule has 0 radical (unpaired) electrons. The summed E-state index contributed by atoms with van der Waals surface area (Å²) >= 11 is 0. The Morgan fingerprint density at radius 3 is 1.97 bits per heavy atom. The average molecular weight is 429 g/mol. The fourth-order valence-electron chi connectivity index (χ4n) is 3.79. The molecule has 3 rings (SSSR count). The summed E-state index contributed by atoms with van der Waals surface area (Å²) in [7, 11) is 0. The molecular weight excluding hydrogens is 396 g/mol. The zero-order valence-electron chi connectivity index (χ0n) is 19.1. The van der Waals surface area contributed by atoms with E-state index in [1.807, 2.05) is 106 Å². The van der Waals surface area contributed by atoms with Gasteiger partial charge < -0.3 is 10.2 Å². The molecule has 32 heavy (non-hydrogen) atoms. The molecular formula is C28H32N2O2. The van der Waals surface area contributed by atoms with Gasteiger partial charge in [0.25, 0.3) is 0 Å². The molecule has 3 aromatic carbocycles. The number of hydrogen-bond donors (Lipinski definition) is 1. The van der Waals surface area contributed by atoms with Crippen LogP contribution in [0.2, 0.25) is 0 Å². The zero-order valence-corrected chi connectivity index (χ0v) is 19.1. The Morgan fingerprint density at radius 1 is 0.812 bits per heavy atom. The molecule has 4 heteroatoms. The number of carbonyl (C=O) groups excluding carboxylic acids is 2. The number of amides is 2. The van der Waals surface area contributed by atoms with Crippen LogP contribution in [0.5, 0.6) is 0 Å². The third kappa shape index (κ3) is 6.55. The molecule has 0 saturated carbocycles. The predicted octanol–water partition coefficient (Wildman–Crippen LogP) is 4.70. The first-order valence-corrected chi connectivity index (χ1v) is 11.2. The minimum Gasteiger partial charge on any atom is -0.352 e. The molecule has 0 aliphatic rings. The smallest absolute Gasteiger partial charge is 0.243 e. The lowest BCUT2D eigenvalue weighted by Crippen LogP contribution is -2.52. The molecule has 0 aromatic heterocycles. The highest BCUT2D eigenvalue weighted by atomic mass is 16.2. The van der Waals surface area contributed by atoms with Crippen molar-refractivity contribution in [1.29, 1.82) is 0 Å². The van der Waals surface area contributed by atoms with E-state index in [4.69, 9.17) is 0 Å². The van der Waals surface area contributed by atoms with Gasteiger partial charge in [-0.05, 0) is 43.0 Å². The monoisotopic (exact) mass is 428 g/mol. The maximum absolute atomic E-state index is 13.6. The van der Waals surface area contributed by atoms with Crippen LogP contribution in [0.3, 0.4) is 0 Å². The van der Waals surface area contributed by atoms with Crippen LogP contribution < -0.4 is 5.32 Å². The molecule has 166 valence electrons. The van der Waals surface area contributed by atoms with E-state index in [0.29, 0.717) is 13.0 Å². The largest absolute Gasteiger partial charge is 0.352 e. The maximum Gasteiger partial charge on any atom is 0.243 e. The van der Waals surface area contributed by atoms with E-state index in [1.54, 1.807) is 4.90 Å². The Bertz CT molecular complexity index is 1020. The SMILES string of the molecule is Cc1ccccc1CC(=O)N(Cc1ccccc1)C(Cc1ccccc1)C(=O)NC(C)C. The number of hydrogen-bond acceptors (Lipinski definition) is 2. The van der Waals surface area contributed by atoms with Crippen molar-refractivity contribution >= 4 is 11.8 Å². The summed E-state index contributed by atoms with van der Waals surface area (Å²) in [6.45, 7) is 6.27. The third-order valence-electron chi connectivity index (χ3n) is 5.50. The van der Waals surface area contributed by atoms with E-state index in [2.05, 4.69) is 5.32 Å². The van der Waals surface area contributed by atoms with E-state index in [0.717, 1.165) is 22.3 Å². The number of carbonyl (C=O) groups is 2. The van der Waals surface area contributed by atoms with Gasteiger partial charge in [-0.3, -0.25) is 9.59 Å². The second-order valence-corrected chi connectivity index (χ2v) is 8.48. The molecule has 3 aromatic rings. The Balaban J connectivity index is 1.96. The molecule has 2 amide bonds. The fourth-order valence-corrected chi connectivity index (χ4v) is 3.79. The van der Waals surface area contributed by atoms with Crippen molar-refractivity contribution < 1.29 is 9.59 Å². The van der Waals surface area contributed by atoms with Gasteiger partial charge in [-0.25, -0.2) is 0 Å².